The van der Waals surface area contributed by atoms with E-state index in [1.165, 1.54) is 23.7 Å². The summed E-state index contributed by atoms with van der Waals surface area (Å²) >= 11 is 1.52. The van der Waals surface area contributed by atoms with E-state index in [1.54, 1.807) is 4.90 Å². The van der Waals surface area contributed by atoms with Gasteiger partial charge < -0.3 is 20.2 Å². The summed E-state index contributed by atoms with van der Waals surface area (Å²) < 4.78 is 0. The van der Waals surface area contributed by atoms with Gasteiger partial charge in [-0.1, -0.05) is 0 Å². The van der Waals surface area contributed by atoms with Crippen molar-refractivity contribution in [2.24, 2.45) is 0 Å². The van der Waals surface area contributed by atoms with Crippen LogP contribution in [0.3, 0.4) is 0 Å². The molecule has 0 aromatic carbocycles. The molecular formula is C13H23N3O4S. The van der Waals surface area contributed by atoms with Gasteiger partial charge in [-0.15, -0.1) is 0 Å². The van der Waals surface area contributed by atoms with Gasteiger partial charge in [0, 0.05) is 20.1 Å². The molecule has 1 aliphatic rings. The number of carboxylic acid groups (broad SMARTS) is 1. The quantitative estimate of drug-likeness (QED) is 0.712. The molecule has 0 aliphatic carbocycles. The molecule has 0 aromatic rings. The molecule has 0 aromatic heterocycles. The summed E-state index contributed by atoms with van der Waals surface area (Å²) in [6, 6.07) is -1.45. The van der Waals surface area contributed by atoms with Crippen LogP contribution in [-0.4, -0.2) is 77.5 Å². The lowest BCUT2D eigenvalue weighted by Crippen LogP contribution is -2.49. The Labute approximate surface area is 129 Å². The van der Waals surface area contributed by atoms with Crippen molar-refractivity contribution in [1.82, 2.24) is 15.1 Å². The number of hydrogen-bond donors (Lipinski definition) is 2. The fourth-order valence-electron chi connectivity index (χ4n) is 2.09. The zero-order chi connectivity index (χ0) is 15.8. The Balaban J connectivity index is 2.44. The van der Waals surface area contributed by atoms with E-state index in [2.05, 4.69) is 5.32 Å². The number of nitrogens with zero attached hydrogens (tertiary/aromatic N) is 2. The van der Waals surface area contributed by atoms with Gasteiger partial charge in [-0.25, -0.2) is 9.59 Å². The third kappa shape index (κ3) is 5.82. The van der Waals surface area contributed by atoms with E-state index in [4.69, 9.17) is 5.11 Å². The lowest BCUT2D eigenvalue weighted by molar-refractivity contribution is -0.139. The Morgan fingerprint density at radius 2 is 1.95 bits per heavy atom. The van der Waals surface area contributed by atoms with Crippen LogP contribution in [0.15, 0.2) is 0 Å². The zero-order valence-electron chi connectivity index (χ0n) is 12.5. The number of aliphatic carboxylic acids is 1. The number of urea groups is 1. The summed E-state index contributed by atoms with van der Waals surface area (Å²) in [6.07, 6.45) is 4.23. The lowest BCUT2D eigenvalue weighted by Gasteiger charge is -2.23. The van der Waals surface area contributed by atoms with E-state index in [9.17, 15) is 14.4 Å². The molecule has 1 fully saturated rings. The third-order valence-corrected chi connectivity index (χ3v) is 4.03. The number of nitrogens with one attached hydrogen (secondary N) is 1. The van der Waals surface area contributed by atoms with E-state index >= 15 is 0 Å². The highest BCUT2D eigenvalue weighted by Gasteiger charge is 2.24. The largest absolute Gasteiger partial charge is 0.480 e. The van der Waals surface area contributed by atoms with Gasteiger partial charge in [0.25, 0.3) is 0 Å². The van der Waals surface area contributed by atoms with Gasteiger partial charge >= 0.3 is 12.0 Å². The molecule has 2 N–H and O–H groups in total. The smallest absolute Gasteiger partial charge is 0.326 e. The van der Waals surface area contributed by atoms with Gasteiger partial charge in [-0.05, 0) is 31.3 Å². The average Bonchev–Trinajstić information content (AvgIpc) is 2.96. The summed E-state index contributed by atoms with van der Waals surface area (Å²) in [7, 11) is 1.50. The lowest BCUT2D eigenvalue weighted by atomic mass is 10.2. The van der Waals surface area contributed by atoms with Gasteiger partial charge in [-0.2, -0.15) is 11.8 Å². The first-order valence-electron chi connectivity index (χ1n) is 6.97. The maximum absolute atomic E-state index is 11.9. The van der Waals surface area contributed by atoms with Crippen molar-refractivity contribution in [2.45, 2.75) is 25.3 Å². The summed E-state index contributed by atoms with van der Waals surface area (Å²) in [6.45, 7) is 1.44. The molecule has 1 heterocycles. The highest BCUT2D eigenvalue weighted by molar-refractivity contribution is 7.98. The van der Waals surface area contributed by atoms with Gasteiger partial charge in [-0.3, -0.25) is 4.79 Å². The van der Waals surface area contributed by atoms with Crippen LogP contribution in [0.1, 0.15) is 19.3 Å². The minimum absolute atomic E-state index is 0.0271. The second-order valence-electron chi connectivity index (χ2n) is 5.07. The van der Waals surface area contributed by atoms with Crippen molar-refractivity contribution in [2.75, 3.05) is 38.7 Å². The highest BCUT2D eigenvalue weighted by Crippen LogP contribution is 2.08. The van der Waals surface area contributed by atoms with Gasteiger partial charge in [0.1, 0.15) is 12.6 Å². The number of carboxylic acids is 1. The van der Waals surface area contributed by atoms with Gasteiger partial charge in [0.15, 0.2) is 0 Å². The summed E-state index contributed by atoms with van der Waals surface area (Å²) in [5.41, 5.74) is 0. The first-order valence-corrected chi connectivity index (χ1v) is 8.36. The van der Waals surface area contributed by atoms with E-state index in [1.807, 2.05) is 6.26 Å². The van der Waals surface area contributed by atoms with E-state index in [-0.39, 0.29) is 12.5 Å². The summed E-state index contributed by atoms with van der Waals surface area (Å²) in [5.74, 6) is -0.508. The normalized spacial score (nSPS) is 15.6. The number of rotatable bonds is 7. The molecule has 1 rings (SSSR count). The Morgan fingerprint density at radius 1 is 1.33 bits per heavy atom. The Hall–Kier alpha value is -1.44. The molecule has 3 amide bonds. The van der Waals surface area contributed by atoms with E-state index in [0.717, 1.165) is 25.9 Å². The molecular weight excluding hydrogens is 294 g/mol. The molecule has 21 heavy (non-hydrogen) atoms. The Bertz CT molecular complexity index is 386. The van der Waals surface area contributed by atoms with Crippen molar-refractivity contribution in [3.8, 4) is 0 Å². The monoisotopic (exact) mass is 317 g/mol. The highest BCUT2D eigenvalue weighted by atomic mass is 32.2. The van der Waals surface area contributed by atoms with Crippen molar-refractivity contribution in [1.29, 1.82) is 0 Å². The fraction of sp³-hybridized carbons (Fsp3) is 0.769. The molecule has 120 valence electrons. The molecule has 1 aliphatic heterocycles. The van der Waals surface area contributed by atoms with E-state index < -0.39 is 18.0 Å². The number of carbonyl (C=O) groups is 3. The number of hydrogen-bond acceptors (Lipinski definition) is 4. The Morgan fingerprint density at radius 3 is 2.48 bits per heavy atom. The number of carbonyl (C=O) groups excluding carboxylic acids is 2. The number of thioether (sulfide) groups is 1. The van der Waals surface area contributed by atoms with Crippen molar-refractivity contribution < 1.29 is 19.5 Å². The predicted octanol–water partition coefficient (Wildman–Crippen LogP) is 0.457. The van der Waals surface area contributed by atoms with Crippen molar-refractivity contribution >= 4 is 29.7 Å². The van der Waals surface area contributed by atoms with Gasteiger partial charge in [0.05, 0.1) is 0 Å². The van der Waals surface area contributed by atoms with Crippen molar-refractivity contribution in [3.05, 3.63) is 0 Å². The number of amides is 3. The molecule has 1 saturated heterocycles. The maximum atomic E-state index is 11.9. The van der Waals surface area contributed by atoms with Crippen LogP contribution in [0.4, 0.5) is 4.79 Å². The summed E-state index contributed by atoms with van der Waals surface area (Å²) in [5, 5.41) is 11.5. The Kier molecular flexibility index (Phi) is 7.35. The van der Waals surface area contributed by atoms with Crippen LogP contribution in [0, 0.1) is 0 Å². The third-order valence-electron chi connectivity index (χ3n) is 3.38. The molecule has 0 saturated carbocycles. The molecule has 0 radical (unpaired) electrons. The van der Waals surface area contributed by atoms with Crippen LogP contribution in [0.25, 0.3) is 0 Å². The molecule has 0 spiro atoms. The second-order valence-corrected chi connectivity index (χ2v) is 6.05. The van der Waals surface area contributed by atoms with Crippen LogP contribution in [0.2, 0.25) is 0 Å². The first kappa shape index (κ1) is 17.6. The van der Waals surface area contributed by atoms with Crippen LogP contribution in [0.5, 0.6) is 0 Å². The molecule has 1 atom stereocenters. The average molecular weight is 317 g/mol. The molecule has 0 bridgehead atoms. The fourth-order valence-corrected chi connectivity index (χ4v) is 2.56. The minimum atomic E-state index is -1.06. The molecule has 0 unspecified atom stereocenters. The molecule has 8 heteroatoms. The van der Waals surface area contributed by atoms with Crippen LogP contribution in [-0.2, 0) is 9.59 Å². The van der Waals surface area contributed by atoms with Gasteiger partial charge in [0.2, 0.25) is 5.91 Å². The maximum Gasteiger partial charge on any atom is 0.326 e. The topological polar surface area (TPSA) is 90.0 Å². The van der Waals surface area contributed by atoms with Crippen LogP contribution >= 0.6 is 11.8 Å². The zero-order valence-corrected chi connectivity index (χ0v) is 13.3. The predicted molar refractivity (Wildman–Crippen MR) is 81.4 cm³/mol. The van der Waals surface area contributed by atoms with E-state index in [0.29, 0.717) is 12.2 Å². The number of likely N-dealkylation sites (tertiary alicyclic amines) is 1. The van der Waals surface area contributed by atoms with Crippen LogP contribution < -0.4 is 5.32 Å². The van der Waals surface area contributed by atoms with Crippen molar-refractivity contribution in [3.63, 3.8) is 0 Å². The first-order chi connectivity index (χ1) is 9.95. The summed E-state index contributed by atoms with van der Waals surface area (Å²) in [4.78, 5) is 37.9. The molecule has 7 nitrogen and oxygen atoms in total. The minimum Gasteiger partial charge on any atom is -0.480 e. The standard InChI is InChI=1S/C13H23N3O4S/c1-15(9-11(17)16-6-3-4-7-16)13(20)14-10(12(18)19)5-8-21-2/h10H,3-9H2,1-2H3,(H,14,20)(H,18,19)/t10-/m1/s1. The second kappa shape index (κ2) is 8.76. The number of likely N-dealkylation sites (N-methyl/N-ethyl adjacent to an activating group) is 1. The SMILES string of the molecule is CSCC[C@@H](NC(=O)N(C)CC(=O)N1CCCC1)C(=O)O.